The Balaban J connectivity index is 2.45. The Kier molecular flexibility index (Phi) is 2.57. The smallest absolute Gasteiger partial charge is 0.221 e. The maximum absolute atomic E-state index is 12.0. The number of fused-ring (bicyclic) bond motifs is 1. The molecule has 0 saturated carbocycles. The normalized spacial score (nSPS) is 10.7. The third kappa shape index (κ3) is 1.76. The highest BCUT2D eigenvalue weighted by Gasteiger charge is 2.08. The van der Waals surface area contributed by atoms with Gasteiger partial charge in [0.25, 0.3) is 0 Å². The van der Waals surface area contributed by atoms with E-state index in [0.717, 1.165) is 5.56 Å². The van der Waals surface area contributed by atoms with Crippen molar-refractivity contribution in [2.75, 3.05) is 0 Å². The molecule has 3 rings (SSSR count). The van der Waals surface area contributed by atoms with Crippen LogP contribution in [0.4, 0.5) is 0 Å². The average Bonchev–Trinajstić information content (AvgIpc) is 2.82. The minimum Gasteiger partial charge on any atom is -0.452 e. The number of hydrogen-bond acceptors (Lipinski definition) is 4. The molecule has 0 radical (unpaired) electrons. The second-order valence-corrected chi connectivity index (χ2v) is 4.59. The van der Waals surface area contributed by atoms with Gasteiger partial charge in [0.2, 0.25) is 5.43 Å². The van der Waals surface area contributed by atoms with Crippen LogP contribution in [-0.2, 0) is 0 Å². The standard InChI is InChI=1S/C14H8O3S/c15-11-4-2-1-3-10-12(16)7-13(17-14(10)11)9-5-6-18-8-9/h1-8H. The fraction of sp³-hybridized carbons (Fsp3) is 0. The average molecular weight is 256 g/mol. The molecule has 2 aromatic heterocycles. The summed E-state index contributed by atoms with van der Waals surface area (Å²) < 4.78 is 5.57. The van der Waals surface area contributed by atoms with E-state index in [0.29, 0.717) is 11.1 Å². The van der Waals surface area contributed by atoms with Crippen molar-refractivity contribution in [1.82, 2.24) is 0 Å². The lowest BCUT2D eigenvalue weighted by Gasteiger charge is -1.97. The Labute approximate surface area is 106 Å². The molecule has 0 aliphatic heterocycles. The van der Waals surface area contributed by atoms with E-state index < -0.39 is 0 Å². The van der Waals surface area contributed by atoms with E-state index in [9.17, 15) is 9.59 Å². The molecule has 0 fully saturated rings. The van der Waals surface area contributed by atoms with E-state index in [2.05, 4.69) is 0 Å². The molecule has 2 heterocycles. The van der Waals surface area contributed by atoms with Crippen LogP contribution < -0.4 is 10.9 Å². The van der Waals surface area contributed by atoms with Crippen LogP contribution in [0.2, 0.25) is 0 Å². The topological polar surface area (TPSA) is 47.3 Å². The lowest BCUT2D eigenvalue weighted by atomic mass is 10.2. The largest absolute Gasteiger partial charge is 0.452 e. The summed E-state index contributed by atoms with van der Waals surface area (Å²) in [5.41, 5.74) is 0.425. The zero-order valence-electron chi connectivity index (χ0n) is 9.25. The minimum atomic E-state index is -0.288. The molecule has 0 aliphatic rings. The number of rotatable bonds is 1. The molecule has 0 unspecified atom stereocenters. The van der Waals surface area contributed by atoms with Gasteiger partial charge in [-0.3, -0.25) is 9.59 Å². The Hall–Kier alpha value is -2.20. The van der Waals surface area contributed by atoms with Gasteiger partial charge in [-0.1, -0.05) is 12.1 Å². The molecule has 3 aromatic rings. The van der Waals surface area contributed by atoms with Gasteiger partial charge in [0.05, 0.1) is 5.39 Å². The Bertz CT molecular complexity index is 816. The predicted octanol–water partition coefficient (Wildman–Crippen LogP) is 2.88. The van der Waals surface area contributed by atoms with E-state index >= 15 is 0 Å². The second-order valence-electron chi connectivity index (χ2n) is 3.81. The fourth-order valence-electron chi connectivity index (χ4n) is 1.76. The van der Waals surface area contributed by atoms with Crippen molar-refractivity contribution < 1.29 is 4.42 Å². The van der Waals surface area contributed by atoms with Crippen LogP contribution in [0.25, 0.3) is 22.3 Å². The van der Waals surface area contributed by atoms with Crippen molar-refractivity contribution >= 4 is 22.3 Å². The Morgan fingerprint density at radius 1 is 1.00 bits per heavy atom. The molecular formula is C14H8O3S. The zero-order chi connectivity index (χ0) is 12.5. The Morgan fingerprint density at radius 3 is 2.61 bits per heavy atom. The first-order chi connectivity index (χ1) is 8.75. The van der Waals surface area contributed by atoms with Crippen LogP contribution in [0.3, 0.4) is 0 Å². The van der Waals surface area contributed by atoms with Gasteiger partial charge in [-0.2, -0.15) is 11.3 Å². The van der Waals surface area contributed by atoms with Gasteiger partial charge >= 0.3 is 0 Å². The first-order valence-electron chi connectivity index (χ1n) is 5.35. The van der Waals surface area contributed by atoms with E-state index in [-0.39, 0.29) is 16.4 Å². The minimum absolute atomic E-state index is 0.105. The van der Waals surface area contributed by atoms with Crippen LogP contribution >= 0.6 is 11.3 Å². The van der Waals surface area contributed by atoms with Crippen LogP contribution in [0.5, 0.6) is 0 Å². The molecule has 3 nitrogen and oxygen atoms in total. The SMILES string of the molecule is O=c1cc(-c2ccsc2)oc2c(=O)ccccc12. The predicted molar refractivity (Wildman–Crippen MR) is 72.1 cm³/mol. The molecular weight excluding hydrogens is 248 g/mol. The van der Waals surface area contributed by atoms with Crippen molar-refractivity contribution in [1.29, 1.82) is 0 Å². The maximum Gasteiger partial charge on any atom is 0.221 e. The van der Waals surface area contributed by atoms with Gasteiger partial charge < -0.3 is 4.42 Å². The summed E-state index contributed by atoms with van der Waals surface area (Å²) in [6, 6.07) is 9.52. The van der Waals surface area contributed by atoms with E-state index in [1.54, 1.807) is 18.2 Å². The molecule has 0 aliphatic carbocycles. The van der Waals surface area contributed by atoms with Crippen molar-refractivity contribution in [3.05, 3.63) is 67.6 Å². The molecule has 1 aromatic carbocycles. The monoisotopic (exact) mass is 256 g/mol. The first kappa shape index (κ1) is 10.9. The van der Waals surface area contributed by atoms with E-state index in [1.807, 2.05) is 16.8 Å². The van der Waals surface area contributed by atoms with Crippen molar-refractivity contribution in [3.8, 4) is 11.3 Å². The van der Waals surface area contributed by atoms with Crippen molar-refractivity contribution in [2.45, 2.75) is 0 Å². The molecule has 0 bridgehead atoms. The van der Waals surface area contributed by atoms with Crippen molar-refractivity contribution in [2.24, 2.45) is 0 Å². The molecule has 0 saturated heterocycles. The molecule has 0 N–H and O–H groups in total. The van der Waals surface area contributed by atoms with Crippen LogP contribution in [0.15, 0.2) is 61.2 Å². The molecule has 0 amide bonds. The molecule has 4 heteroatoms. The highest BCUT2D eigenvalue weighted by Crippen LogP contribution is 2.22. The fourth-order valence-corrected chi connectivity index (χ4v) is 2.41. The molecule has 88 valence electrons. The highest BCUT2D eigenvalue weighted by molar-refractivity contribution is 7.08. The van der Waals surface area contributed by atoms with E-state index in [4.69, 9.17) is 4.42 Å². The van der Waals surface area contributed by atoms with Crippen LogP contribution in [-0.4, -0.2) is 0 Å². The lowest BCUT2D eigenvalue weighted by molar-refractivity contribution is 0.616. The van der Waals surface area contributed by atoms with Gasteiger partial charge in [-0.05, 0) is 23.6 Å². The van der Waals surface area contributed by atoms with Crippen molar-refractivity contribution in [3.63, 3.8) is 0 Å². The summed E-state index contributed by atoms with van der Waals surface area (Å²) in [6.45, 7) is 0. The van der Waals surface area contributed by atoms with Crippen LogP contribution in [0, 0.1) is 0 Å². The summed E-state index contributed by atoms with van der Waals surface area (Å²) in [7, 11) is 0. The van der Waals surface area contributed by atoms with Crippen LogP contribution in [0.1, 0.15) is 0 Å². The summed E-state index contributed by atoms with van der Waals surface area (Å²) in [6.07, 6.45) is 0. The summed E-state index contributed by atoms with van der Waals surface area (Å²) in [5, 5.41) is 4.07. The molecule has 18 heavy (non-hydrogen) atoms. The quantitative estimate of drug-likeness (QED) is 0.672. The summed E-state index contributed by atoms with van der Waals surface area (Å²) >= 11 is 1.51. The first-order valence-corrected chi connectivity index (χ1v) is 6.30. The summed E-state index contributed by atoms with van der Waals surface area (Å²) in [5.74, 6) is 0.428. The van der Waals surface area contributed by atoms with Gasteiger partial charge in [0.15, 0.2) is 11.0 Å². The number of hydrogen-bond donors (Lipinski definition) is 0. The van der Waals surface area contributed by atoms with Gasteiger partial charge in [-0.15, -0.1) is 0 Å². The Morgan fingerprint density at radius 2 is 1.83 bits per heavy atom. The van der Waals surface area contributed by atoms with Gasteiger partial charge in [-0.25, -0.2) is 0 Å². The molecule has 0 spiro atoms. The second kappa shape index (κ2) is 4.23. The van der Waals surface area contributed by atoms with Gasteiger partial charge in [0.1, 0.15) is 5.76 Å². The molecule has 0 atom stereocenters. The lowest BCUT2D eigenvalue weighted by Crippen LogP contribution is -2.04. The maximum atomic E-state index is 12.0. The van der Waals surface area contributed by atoms with Gasteiger partial charge in [0, 0.05) is 17.0 Å². The zero-order valence-corrected chi connectivity index (χ0v) is 10.1. The highest BCUT2D eigenvalue weighted by atomic mass is 32.1. The van der Waals surface area contributed by atoms with E-state index in [1.165, 1.54) is 23.5 Å². The third-order valence-corrected chi connectivity index (χ3v) is 3.32. The number of thiophene rings is 1. The summed E-state index contributed by atoms with van der Waals surface area (Å²) in [4.78, 5) is 23.8. The third-order valence-electron chi connectivity index (χ3n) is 2.64.